The van der Waals surface area contributed by atoms with Crippen LogP contribution in [0, 0.1) is 0 Å². The van der Waals surface area contributed by atoms with E-state index in [9.17, 15) is 14.4 Å². The van der Waals surface area contributed by atoms with Crippen molar-refractivity contribution in [2.75, 3.05) is 22.9 Å². The standard InChI is InChI=1S/C21H21Cl2N3O4S/c22-15-11-14(5-6-16(15)25-9-3-1-2-4-18(25)27)26-12-13(10-19(26)28)24-21(29)30-20-8-7-17(23)31-20/h5-8,11,13H,1-4,9-10,12H2,(H,24,29). The zero-order valence-electron chi connectivity index (χ0n) is 16.6. The second-order valence-corrected chi connectivity index (χ2v) is 9.57. The highest BCUT2D eigenvalue weighted by Crippen LogP contribution is 2.34. The summed E-state index contributed by atoms with van der Waals surface area (Å²) < 4.78 is 5.71. The molecule has 2 aliphatic heterocycles. The van der Waals surface area contributed by atoms with Crippen molar-refractivity contribution in [3.63, 3.8) is 0 Å². The number of nitrogens with zero attached hydrogens (tertiary/aromatic N) is 2. The Kier molecular flexibility index (Phi) is 6.69. The van der Waals surface area contributed by atoms with E-state index in [0.29, 0.717) is 45.3 Å². The number of carbonyl (C=O) groups excluding carboxylic acids is 3. The predicted octanol–water partition coefficient (Wildman–Crippen LogP) is 4.86. The van der Waals surface area contributed by atoms with Gasteiger partial charge in [0.1, 0.15) is 0 Å². The third-order valence-corrected chi connectivity index (χ3v) is 6.71. The molecule has 31 heavy (non-hydrogen) atoms. The maximum atomic E-state index is 12.5. The summed E-state index contributed by atoms with van der Waals surface area (Å²) in [7, 11) is 0. The van der Waals surface area contributed by atoms with Gasteiger partial charge in [0.25, 0.3) is 0 Å². The second-order valence-electron chi connectivity index (χ2n) is 7.49. The van der Waals surface area contributed by atoms with Crippen LogP contribution < -0.4 is 19.9 Å². The number of rotatable bonds is 4. The number of thiophene rings is 1. The Morgan fingerprint density at radius 1 is 1.06 bits per heavy atom. The summed E-state index contributed by atoms with van der Waals surface area (Å²) in [5, 5.41) is 3.52. The minimum atomic E-state index is -0.633. The van der Waals surface area contributed by atoms with E-state index in [1.807, 2.05) is 0 Å². The lowest BCUT2D eigenvalue weighted by atomic mass is 10.2. The van der Waals surface area contributed by atoms with Crippen molar-refractivity contribution in [2.45, 2.75) is 38.1 Å². The molecule has 0 saturated carbocycles. The van der Waals surface area contributed by atoms with Crippen molar-refractivity contribution in [3.8, 4) is 5.06 Å². The van der Waals surface area contributed by atoms with Crippen molar-refractivity contribution < 1.29 is 19.1 Å². The van der Waals surface area contributed by atoms with E-state index in [0.717, 1.165) is 30.6 Å². The van der Waals surface area contributed by atoms with Crippen molar-refractivity contribution in [1.29, 1.82) is 0 Å². The molecule has 164 valence electrons. The number of hydrogen-bond acceptors (Lipinski definition) is 5. The molecule has 0 radical (unpaired) electrons. The topological polar surface area (TPSA) is 79.0 Å². The molecule has 2 aromatic rings. The Labute approximate surface area is 193 Å². The molecule has 3 heterocycles. The Morgan fingerprint density at radius 2 is 1.90 bits per heavy atom. The minimum absolute atomic E-state index is 0.0687. The third-order valence-electron chi connectivity index (χ3n) is 5.30. The summed E-state index contributed by atoms with van der Waals surface area (Å²) in [6.45, 7) is 0.946. The fourth-order valence-electron chi connectivity index (χ4n) is 3.81. The number of carbonyl (C=O) groups is 3. The maximum Gasteiger partial charge on any atom is 0.413 e. The molecular weight excluding hydrogens is 461 g/mol. The summed E-state index contributed by atoms with van der Waals surface area (Å²) in [6, 6.07) is 8.12. The van der Waals surface area contributed by atoms with E-state index >= 15 is 0 Å². The van der Waals surface area contributed by atoms with E-state index in [2.05, 4.69) is 5.32 Å². The van der Waals surface area contributed by atoms with Gasteiger partial charge in [-0.25, -0.2) is 4.79 Å². The van der Waals surface area contributed by atoms with Crippen LogP contribution in [-0.4, -0.2) is 37.0 Å². The number of anilines is 2. The Bertz CT molecular complexity index is 1010. The van der Waals surface area contributed by atoms with Gasteiger partial charge in [-0.15, -0.1) is 0 Å². The average molecular weight is 482 g/mol. The lowest BCUT2D eigenvalue weighted by molar-refractivity contribution is -0.118. The summed E-state index contributed by atoms with van der Waals surface area (Å²) in [4.78, 5) is 40.3. The summed E-state index contributed by atoms with van der Waals surface area (Å²) in [6.07, 6.45) is 2.90. The molecule has 1 atom stereocenters. The molecule has 0 spiro atoms. The number of nitrogens with one attached hydrogen (secondary N) is 1. The molecule has 2 aliphatic rings. The number of amides is 3. The normalized spacial score (nSPS) is 19.5. The van der Waals surface area contributed by atoms with Crippen molar-refractivity contribution in [2.24, 2.45) is 0 Å². The molecule has 4 rings (SSSR count). The van der Waals surface area contributed by atoms with Gasteiger partial charge in [-0.1, -0.05) is 41.0 Å². The number of hydrogen-bond donors (Lipinski definition) is 1. The van der Waals surface area contributed by atoms with Gasteiger partial charge in [0.2, 0.25) is 11.8 Å². The van der Waals surface area contributed by atoms with Crippen LogP contribution in [0.4, 0.5) is 16.2 Å². The van der Waals surface area contributed by atoms with Crippen LogP contribution >= 0.6 is 34.5 Å². The molecule has 1 N–H and O–H groups in total. The summed E-state index contributed by atoms with van der Waals surface area (Å²) in [5.41, 5.74) is 1.29. The highest BCUT2D eigenvalue weighted by atomic mass is 35.5. The summed E-state index contributed by atoms with van der Waals surface area (Å²) in [5.74, 6) is -0.0571. The molecule has 0 aliphatic carbocycles. The Morgan fingerprint density at radius 3 is 2.65 bits per heavy atom. The van der Waals surface area contributed by atoms with Crippen LogP contribution in [0.3, 0.4) is 0 Å². The van der Waals surface area contributed by atoms with Gasteiger partial charge < -0.3 is 19.9 Å². The van der Waals surface area contributed by atoms with Gasteiger partial charge >= 0.3 is 6.09 Å². The first-order chi connectivity index (χ1) is 14.9. The number of benzene rings is 1. The lowest BCUT2D eigenvalue weighted by Crippen LogP contribution is -2.38. The molecule has 10 heteroatoms. The van der Waals surface area contributed by atoms with Crippen LogP contribution in [0.15, 0.2) is 30.3 Å². The van der Waals surface area contributed by atoms with Gasteiger partial charge in [0, 0.05) is 31.6 Å². The molecule has 1 aromatic carbocycles. The lowest BCUT2D eigenvalue weighted by Gasteiger charge is -2.24. The van der Waals surface area contributed by atoms with Gasteiger partial charge in [0.05, 0.1) is 21.1 Å². The SMILES string of the molecule is O=C(NC1CC(=O)N(c2ccc(N3CCCCCC3=O)c(Cl)c2)C1)Oc1ccc(Cl)s1. The highest BCUT2D eigenvalue weighted by molar-refractivity contribution is 7.17. The van der Waals surface area contributed by atoms with Gasteiger partial charge in [-0.05, 0) is 43.2 Å². The fourth-order valence-corrected chi connectivity index (χ4v) is 4.96. The first-order valence-corrected chi connectivity index (χ1v) is 11.6. The van der Waals surface area contributed by atoms with E-state index in [1.54, 1.807) is 40.1 Å². The Balaban J connectivity index is 1.41. The summed E-state index contributed by atoms with van der Waals surface area (Å²) >= 11 is 13.5. The molecule has 1 aromatic heterocycles. The van der Waals surface area contributed by atoms with Crippen molar-refractivity contribution in [3.05, 3.63) is 39.7 Å². The molecule has 7 nitrogen and oxygen atoms in total. The van der Waals surface area contributed by atoms with Gasteiger partial charge in [-0.2, -0.15) is 0 Å². The van der Waals surface area contributed by atoms with E-state index < -0.39 is 6.09 Å². The smallest absolute Gasteiger partial charge is 0.399 e. The van der Waals surface area contributed by atoms with Crippen LogP contribution in [0.1, 0.15) is 32.1 Å². The zero-order chi connectivity index (χ0) is 22.0. The molecule has 1 unspecified atom stereocenters. The number of ether oxygens (including phenoxy) is 1. The second kappa shape index (κ2) is 9.46. The average Bonchev–Trinajstić information content (AvgIpc) is 3.21. The van der Waals surface area contributed by atoms with Gasteiger partial charge in [0.15, 0.2) is 5.06 Å². The maximum absolute atomic E-state index is 12.5. The first kappa shape index (κ1) is 21.9. The van der Waals surface area contributed by atoms with E-state index in [-0.39, 0.29) is 24.3 Å². The quantitative estimate of drug-likeness (QED) is 0.676. The fraction of sp³-hybridized carbons (Fsp3) is 0.381. The first-order valence-electron chi connectivity index (χ1n) is 10.0. The molecule has 0 bridgehead atoms. The van der Waals surface area contributed by atoms with Crippen LogP contribution in [0.25, 0.3) is 0 Å². The Hall–Kier alpha value is -2.29. The van der Waals surface area contributed by atoms with Crippen LogP contribution in [-0.2, 0) is 9.59 Å². The van der Waals surface area contributed by atoms with Crippen LogP contribution in [0.2, 0.25) is 9.36 Å². The van der Waals surface area contributed by atoms with Crippen molar-refractivity contribution >= 4 is 63.8 Å². The van der Waals surface area contributed by atoms with E-state index in [1.165, 1.54) is 0 Å². The van der Waals surface area contributed by atoms with Crippen LogP contribution in [0.5, 0.6) is 5.06 Å². The third kappa shape index (κ3) is 5.14. The zero-order valence-corrected chi connectivity index (χ0v) is 18.9. The van der Waals surface area contributed by atoms with Crippen molar-refractivity contribution in [1.82, 2.24) is 5.32 Å². The molecule has 3 amide bonds. The minimum Gasteiger partial charge on any atom is -0.399 e. The predicted molar refractivity (Wildman–Crippen MR) is 122 cm³/mol. The van der Waals surface area contributed by atoms with Gasteiger partial charge in [-0.3, -0.25) is 9.59 Å². The molecule has 2 fully saturated rings. The highest BCUT2D eigenvalue weighted by Gasteiger charge is 2.32. The monoisotopic (exact) mass is 481 g/mol. The molecule has 2 saturated heterocycles. The number of halogens is 2. The largest absolute Gasteiger partial charge is 0.413 e. The molecular formula is C21H21Cl2N3O4S. The van der Waals surface area contributed by atoms with E-state index in [4.69, 9.17) is 27.9 Å².